The van der Waals surface area contributed by atoms with Crippen LogP contribution in [-0.4, -0.2) is 24.1 Å². The zero-order chi connectivity index (χ0) is 18.4. The molecule has 1 heterocycles. The quantitative estimate of drug-likeness (QED) is 0.540. The van der Waals surface area contributed by atoms with Crippen LogP contribution < -0.4 is 14.8 Å². The molecule has 0 saturated heterocycles. The number of carbonyl (C=O) groups is 1. The fraction of sp³-hybridized carbons (Fsp3) is 0.263. The summed E-state index contributed by atoms with van der Waals surface area (Å²) in [4.78, 5) is 16.5. The molecular formula is C19H19ClN2O3S. The molecule has 7 heteroatoms. The maximum absolute atomic E-state index is 12.1. The predicted octanol–water partition coefficient (Wildman–Crippen LogP) is 5.15. The third kappa shape index (κ3) is 5.09. The largest absolute Gasteiger partial charge is 0.494 e. The Morgan fingerprint density at radius 2 is 1.92 bits per heavy atom. The summed E-state index contributed by atoms with van der Waals surface area (Å²) in [5.74, 6) is 1.47. The van der Waals surface area contributed by atoms with Gasteiger partial charge in [-0.2, -0.15) is 0 Å². The molecule has 0 bridgehead atoms. The maximum Gasteiger partial charge on any atom is 0.226 e. The van der Waals surface area contributed by atoms with Gasteiger partial charge in [0.1, 0.15) is 11.5 Å². The van der Waals surface area contributed by atoms with Gasteiger partial charge in [0, 0.05) is 11.4 Å². The van der Waals surface area contributed by atoms with E-state index >= 15 is 0 Å². The van der Waals surface area contributed by atoms with Crippen molar-refractivity contribution >= 4 is 44.2 Å². The molecular weight excluding hydrogens is 372 g/mol. The smallest absolute Gasteiger partial charge is 0.226 e. The number of halogens is 1. The summed E-state index contributed by atoms with van der Waals surface area (Å²) < 4.78 is 12.0. The molecule has 0 aliphatic carbocycles. The van der Waals surface area contributed by atoms with E-state index in [-0.39, 0.29) is 5.91 Å². The average Bonchev–Trinajstić information content (AvgIpc) is 3.02. The van der Waals surface area contributed by atoms with Crippen LogP contribution in [0, 0.1) is 0 Å². The van der Waals surface area contributed by atoms with E-state index < -0.39 is 0 Å². The Balaban J connectivity index is 1.46. The number of ether oxygens (including phenoxy) is 2. The number of hydrogen-bond acceptors (Lipinski definition) is 5. The molecule has 3 aromatic rings. The second-order valence-electron chi connectivity index (χ2n) is 5.54. The molecule has 1 amide bonds. The highest BCUT2D eigenvalue weighted by Crippen LogP contribution is 2.29. The monoisotopic (exact) mass is 390 g/mol. The molecule has 0 atom stereocenters. The molecule has 0 saturated carbocycles. The Labute approximate surface area is 160 Å². The van der Waals surface area contributed by atoms with E-state index in [0.717, 1.165) is 21.7 Å². The van der Waals surface area contributed by atoms with Gasteiger partial charge in [-0.05, 0) is 55.8 Å². The van der Waals surface area contributed by atoms with Crippen LogP contribution in [0.5, 0.6) is 11.5 Å². The third-order valence-corrected chi connectivity index (χ3v) is 4.73. The van der Waals surface area contributed by atoms with E-state index in [1.807, 2.05) is 25.1 Å². The number of benzene rings is 2. The first-order valence-corrected chi connectivity index (χ1v) is 9.55. The van der Waals surface area contributed by atoms with Crippen molar-refractivity contribution in [1.82, 2.24) is 4.98 Å². The number of nitrogens with zero attached hydrogens (tertiary/aromatic N) is 1. The van der Waals surface area contributed by atoms with Crippen molar-refractivity contribution < 1.29 is 14.3 Å². The topological polar surface area (TPSA) is 60.5 Å². The van der Waals surface area contributed by atoms with Crippen LogP contribution in [0.3, 0.4) is 0 Å². The van der Waals surface area contributed by atoms with E-state index in [0.29, 0.717) is 36.2 Å². The molecule has 5 nitrogen and oxygen atoms in total. The minimum atomic E-state index is -0.0752. The summed E-state index contributed by atoms with van der Waals surface area (Å²) >= 11 is 7.26. The summed E-state index contributed by atoms with van der Waals surface area (Å²) in [6.45, 7) is 3.03. The van der Waals surface area contributed by atoms with Crippen LogP contribution in [-0.2, 0) is 4.79 Å². The van der Waals surface area contributed by atoms with Gasteiger partial charge in [0.15, 0.2) is 5.13 Å². The number of nitrogens with one attached hydrogen (secondary N) is 1. The van der Waals surface area contributed by atoms with Crippen molar-refractivity contribution in [1.29, 1.82) is 0 Å². The fourth-order valence-electron chi connectivity index (χ4n) is 2.35. The number of amides is 1. The maximum atomic E-state index is 12.1. The molecule has 3 rings (SSSR count). The lowest BCUT2D eigenvalue weighted by Gasteiger charge is -2.06. The molecule has 0 unspecified atom stereocenters. The van der Waals surface area contributed by atoms with E-state index in [4.69, 9.17) is 21.1 Å². The van der Waals surface area contributed by atoms with Gasteiger partial charge in [0.2, 0.25) is 5.91 Å². The number of carbonyl (C=O) groups excluding carboxylic acids is 1. The van der Waals surface area contributed by atoms with Gasteiger partial charge in [-0.3, -0.25) is 4.79 Å². The summed E-state index contributed by atoms with van der Waals surface area (Å²) in [6, 6.07) is 12.9. The van der Waals surface area contributed by atoms with Gasteiger partial charge in [-0.25, -0.2) is 4.98 Å². The molecule has 26 heavy (non-hydrogen) atoms. The molecule has 0 fully saturated rings. The zero-order valence-corrected chi connectivity index (χ0v) is 15.9. The minimum Gasteiger partial charge on any atom is -0.494 e. The summed E-state index contributed by atoms with van der Waals surface area (Å²) in [6.07, 6.45) is 0.988. The third-order valence-electron chi connectivity index (χ3n) is 3.55. The number of fused-ring (bicyclic) bond motifs is 1. The second-order valence-corrected chi connectivity index (χ2v) is 7.00. The first-order valence-electron chi connectivity index (χ1n) is 8.35. The van der Waals surface area contributed by atoms with E-state index in [1.165, 1.54) is 11.3 Å². The standard InChI is InChI=1S/C19H19ClN2O3S/c1-2-24-15-9-10-16-17(12-15)26-19(21-16)22-18(23)4-3-11-25-14-7-5-13(20)6-8-14/h5-10,12H,2-4,11H2,1H3,(H,21,22,23). The van der Waals surface area contributed by atoms with Gasteiger partial charge < -0.3 is 14.8 Å². The molecule has 0 aliphatic rings. The Hall–Kier alpha value is -2.31. The first-order chi connectivity index (χ1) is 12.6. The lowest BCUT2D eigenvalue weighted by atomic mass is 10.3. The van der Waals surface area contributed by atoms with Gasteiger partial charge in [0.25, 0.3) is 0 Å². The van der Waals surface area contributed by atoms with Crippen molar-refractivity contribution in [2.75, 3.05) is 18.5 Å². The normalized spacial score (nSPS) is 10.7. The van der Waals surface area contributed by atoms with Crippen LogP contribution in [0.1, 0.15) is 19.8 Å². The lowest BCUT2D eigenvalue weighted by Crippen LogP contribution is -2.12. The molecule has 1 aromatic heterocycles. The fourth-order valence-corrected chi connectivity index (χ4v) is 3.39. The predicted molar refractivity (Wildman–Crippen MR) is 106 cm³/mol. The van der Waals surface area contributed by atoms with Gasteiger partial charge in [-0.15, -0.1) is 0 Å². The van der Waals surface area contributed by atoms with Gasteiger partial charge in [-0.1, -0.05) is 22.9 Å². The average molecular weight is 391 g/mol. The number of anilines is 1. The highest BCUT2D eigenvalue weighted by Gasteiger charge is 2.09. The number of aromatic nitrogens is 1. The summed E-state index contributed by atoms with van der Waals surface area (Å²) in [5, 5.41) is 4.11. The van der Waals surface area contributed by atoms with Crippen LogP contribution >= 0.6 is 22.9 Å². The Morgan fingerprint density at radius 1 is 1.15 bits per heavy atom. The highest BCUT2D eigenvalue weighted by atomic mass is 35.5. The number of hydrogen-bond donors (Lipinski definition) is 1. The molecule has 2 aromatic carbocycles. The SMILES string of the molecule is CCOc1ccc2nc(NC(=O)CCCOc3ccc(Cl)cc3)sc2c1. The summed E-state index contributed by atoms with van der Waals surface area (Å²) in [7, 11) is 0. The Kier molecular flexibility index (Phi) is 6.30. The van der Waals surface area contributed by atoms with Gasteiger partial charge >= 0.3 is 0 Å². The lowest BCUT2D eigenvalue weighted by molar-refractivity contribution is -0.116. The molecule has 136 valence electrons. The second kappa shape index (κ2) is 8.87. The highest BCUT2D eigenvalue weighted by molar-refractivity contribution is 7.22. The van der Waals surface area contributed by atoms with E-state index in [9.17, 15) is 4.79 Å². The van der Waals surface area contributed by atoms with Crippen molar-refractivity contribution in [2.24, 2.45) is 0 Å². The molecule has 0 radical (unpaired) electrons. The van der Waals surface area contributed by atoms with Crippen LogP contribution in [0.4, 0.5) is 5.13 Å². The van der Waals surface area contributed by atoms with Crippen molar-refractivity contribution in [3.63, 3.8) is 0 Å². The Bertz CT molecular complexity index is 880. The number of thiazole rings is 1. The van der Waals surface area contributed by atoms with Crippen molar-refractivity contribution in [3.05, 3.63) is 47.5 Å². The molecule has 0 spiro atoms. The molecule has 0 aliphatic heterocycles. The van der Waals surface area contributed by atoms with E-state index in [1.54, 1.807) is 24.3 Å². The Morgan fingerprint density at radius 3 is 2.69 bits per heavy atom. The summed E-state index contributed by atoms with van der Waals surface area (Å²) in [5.41, 5.74) is 0.847. The first kappa shape index (κ1) is 18.5. The van der Waals surface area contributed by atoms with Crippen LogP contribution in [0.15, 0.2) is 42.5 Å². The van der Waals surface area contributed by atoms with E-state index in [2.05, 4.69) is 10.3 Å². The number of rotatable bonds is 8. The zero-order valence-electron chi connectivity index (χ0n) is 14.3. The van der Waals surface area contributed by atoms with Crippen LogP contribution in [0.25, 0.3) is 10.2 Å². The molecule has 1 N–H and O–H groups in total. The minimum absolute atomic E-state index is 0.0752. The van der Waals surface area contributed by atoms with Crippen LogP contribution in [0.2, 0.25) is 5.02 Å². The van der Waals surface area contributed by atoms with Crippen molar-refractivity contribution in [3.8, 4) is 11.5 Å². The van der Waals surface area contributed by atoms with Gasteiger partial charge in [0.05, 0.1) is 23.4 Å². The van der Waals surface area contributed by atoms with Crippen molar-refractivity contribution in [2.45, 2.75) is 19.8 Å².